The fraction of sp³-hybridized carbons (Fsp3) is 0.300. The molecule has 8 heteroatoms. The molecule has 2 amide bonds. The Morgan fingerprint density at radius 2 is 1.96 bits per heavy atom. The minimum atomic E-state index is -0.173. The minimum absolute atomic E-state index is 0.133. The zero-order chi connectivity index (χ0) is 19.3. The Morgan fingerprint density at radius 3 is 2.82 bits per heavy atom. The van der Waals surface area contributed by atoms with Crippen molar-refractivity contribution >= 4 is 50.8 Å². The van der Waals surface area contributed by atoms with Gasteiger partial charge in [0.15, 0.2) is 0 Å². The first-order valence-electron chi connectivity index (χ1n) is 9.21. The van der Waals surface area contributed by atoms with Gasteiger partial charge in [-0.2, -0.15) is 0 Å². The van der Waals surface area contributed by atoms with E-state index in [1.54, 1.807) is 23.5 Å². The topological polar surface area (TPSA) is 84.0 Å². The molecule has 1 aromatic carbocycles. The van der Waals surface area contributed by atoms with Crippen LogP contribution in [0, 0.1) is 0 Å². The molecule has 0 bridgehead atoms. The highest BCUT2D eigenvalue weighted by molar-refractivity contribution is 8.00. The van der Waals surface area contributed by atoms with Crippen molar-refractivity contribution in [2.24, 2.45) is 0 Å². The van der Waals surface area contributed by atoms with Crippen molar-refractivity contribution in [2.75, 3.05) is 11.1 Å². The van der Waals surface area contributed by atoms with E-state index < -0.39 is 0 Å². The Labute approximate surface area is 171 Å². The van der Waals surface area contributed by atoms with Gasteiger partial charge in [-0.25, -0.2) is 9.97 Å². The minimum Gasteiger partial charge on any atom is -0.349 e. The van der Waals surface area contributed by atoms with Gasteiger partial charge in [-0.1, -0.05) is 36.7 Å². The molecule has 2 aromatic heterocycles. The van der Waals surface area contributed by atoms with Gasteiger partial charge in [0.25, 0.3) is 5.91 Å². The van der Waals surface area contributed by atoms with Crippen LogP contribution < -0.4 is 10.6 Å². The van der Waals surface area contributed by atoms with Gasteiger partial charge in [-0.3, -0.25) is 9.59 Å². The van der Waals surface area contributed by atoms with Gasteiger partial charge in [-0.15, -0.1) is 11.3 Å². The van der Waals surface area contributed by atoms with Gasteiger partial charge in [-0.05, 0) is 36.4 Å². The largest absolute Gasteiger partial charge is 0.349 e. The van der Waals surface area contributed by atoms with Crippen LogP contribution in [-0.4, -0.2) is 33.6 Å². The molecule has 1 fully saturated rings. The number of thiophene rings is 1. The van der Waals surface area contributed by atoms with Gasteiger partial charge in [0, 0.05) is 11.4 Å². The molecule has 0 spiro atoms. The van der Waals surface area contributed by atoms with Gasteiger partial charge < -0.3 is 10.6 Å². The zero-order valence-electron chi connectivity index (χ0n) is 15.2. The zero-order valence-corrected chi connectivity index (χ0v) is 16.8. The third-order valence-corrected chi connectivity index (χ3v) is 6.53. The van der Waals surface area contributed by atoms with E-state index in [0.29, 0.717) is 11.3 Å². The van der Waals surface area contributed by atoms with Crippen LogP contribution in [0.2, 0.25) is 0 Å². The lowest BCUT2D eigenvalue weighted by atomic mass is 10.1. The van der Waals surface area contributed by atoms with Gasteiger partial charge >= 0.3 is 0 Å². The number of nitrogens with zero attached hydrogens (tertiary/aromatic N) is 2. The number of carbonyl (C=O) groups excluding carboxylic acids is 2. The molecule has 1 saturated carbocycles. The molecule has 2 heterocycles. The predicted octanol–water partition coefficient (Wildman–Crippen LogP) is 4.09. The highest BCUT2D eigenvalue weighted by Gasteiger charge is 2.20. The van der Waals surface area contributed by atoms with Crippen molar-refractivity contribution in [1.29, 1.82) is 0 Å². The number of amides is 2. The summed E-state index contributed by atoms with van der Waals surface area (Å²) in [5, 5.41) is 9.65. The molecular formula is C20H20N4O2S2. The third kappa shape index (κ3) is 4.34. The summed E-state index contributed by atoms with van der Waals surface area (Å²) >= 11 is 2.91. The second kappa shape index (κ2) is 8.70. The number of thioether (sulfide) groups is 1. The van der Waals surface area contributed by atoms with E-state index in [1.807, 2.05) is 23.6 Å². The van der Waals surface area contributed by atoms with Crippen molar-refractivity contribution in [3.8, 4) is 0 Å². The monoisotopic (exact) mass is 412 g/mol. The lowest BCUT2D eigenvalue weighted by Crippen LogP contribution is -2.33. The lowest BCUT2D eigenvalue weighted by Gasteiger charge is -2.15. The van der Waals surface area contributed by atoms with E-state index in [4.69, 9.17) is 0 Å². The number of nitrogens with one attached hydrogen (secondary N) is 2. The first kappa shape index (κ1) is 18.9. The number of carbonyl (C=O) groups is 2. The fourth-order valence-electron chi connectivity index (χ4n) is 3.33. The average molecular weight is 413 g/mol. The molecule has 3 aromatic rings. The van der Waals surface area contributed by atoms with E-state index in [1.165, 1.54) is 18.1 Å². The van der Waals surface area contributed by atoms with Crippen LogP contribution >= 0.6 is 23.1 Å². The Balaban J connectivity index is 1.40. The summed E-state index contributed by atoms with van der Waals surface area (Å²) in [4.78, 5) is 34.5. The summed E-state index contributed by atoms with van der Waals surface area (Å²) in [5.41, 5.74) is 1.03. The molecule has 0 unspecified atom stereocenters. The first-order valence-corrected chi connectivity index (χ1v) is 11.1. The van der Waals surface area contributed by atoms with Crippen LogP contribution in [0.1, 0.15) is 36.0 Å². The molecule has 144 valence electrons. The second-order valence-electron chi connectivity index (χ2n) is 6.66. The summed E-state index contributed by atoms with van der Waals surface area (Å²) in [5.74, 6) is -0.0973. The fourth-order valence-corrected chi connectivity index (χ4v) is 4.91. The number of aromatic nitrogens is 2. The van der Waals surface area contributed by atoms with Gasteiger partial charge in [0.05, 0.1) is 17.0 Å². The lowest BCUT2D eigenvalue weighted by molar-refractivity contribution is -0.113. The summed E-state index contributed by atoms with van der Waals surface area (Å²) in [7, 11) is 0. The summed E-state index contributed by atoms with van der Waals surface area (Å²) in [6.45, 7) is 0. The number of fused-ring (bicyclic) bond motifs is 1. The average Bonchev–Trinajstić information content (AvgIpc) is 3.38. The number of benzene rings is 1. The number of rotatable bonds is 6. The maximum atomic E-state index is 12.6. The van der Waals surface area contributed by atoms with Crippen molar-refractivity contribution in [1.82, 2.24) is 15.3 Å². The number of para-hydroxylation sites is 1. The van der Waals surface area contributed by atoms with Gasteiger partial charge in [0.2, 0.25) is 5.91 Å². The number of anilines is 1. The molecule has 4 rings (SSSR count). The molecule has 2 N–H and O–H groups in total. The highest BCUT2D eigenvalue weighted by Crippen LogP contribution is 2.28. The summed E-state index contributed by atoms with van der Waals surface area (Å²) in [6.07, 6.45) is 5.86. The third-order valence-electron chi connectivity index (χ3n) is 4.70. The van der Waals surface area contributed by atoms with Gasteiger partial charge in [0.1, 0.15) is 16.2 Å². The van der Waals surface area contributed by atoms with E-state index in [-0.39, 0.29) is 23.6 Å². The van der Waals surface area contributed by atoms with Crippen molar-refractivity contribution in [2.45, 2.75) is 36.8 Å². The van der Waals surface area contributed by atoms with Crippen molar-refractivity contribution in [3.63, 3.8) is 0 Å². The van der Waals surface area contributed by atoms with Crippen molar-refractivity contribution < 1.29 is 9.59 Å². The molecule has 1 aliphatic carbocycles. The molecular weight excluding hydrogens is 392 g/mol. The second-order valence-corrected chi connectivity index (χ2v) is 8.51. The molecule has 6 nitrogen and oxygen atoms in total. The van der Waals surface area contributed by atoms with Crippen molar-refractivity contribution in [3.05, 3.63) is 47.6 Å². The SMILES string of the molecule is O=C(CSc1ncnc2sccc12)Nc1ccccc1C(=O)NC1CCCC1. The number of hydrogen-bond donors (Lipinski definition) is 2. The number of hydrogen-bond acceptors (Lipinski definition) is 6. The first-order chi connectivity index (χ1) is 13.7. The molecule has 1 aliphatic rings. The van der Waals surface area contributed by atoms with E-state index >= 15 is 0 Å². The Morgan fingerprint density at radius 1 is 1.14 bits per heavy atom. The van der Waals surface area contributed by atoms with E-state index in [0.717, 1.165) is 40.9 Å². The van der Waals surface area contributed by atoms with Crippen LogP contribution in [0.25, 0.3) is 10.2 Å². The normalized spacial score (nSPS) is 14.3. The molecule has 0 radical (unpaired) electrons. The van der Waals surface area contributed by atoms with Crippen LogP contribution in [0.3, 0.4) is 0 Å². The quantitative estimate of drug-likeness (QED) is 0.470. The molecule has 28 heavy (non-hydrogen) atoms. The molecule has 0 saturated heterocycles. The molecule has 0 aliphatic heterocycles. The van der Waals surface area contributed by atoms with E-state index in [9.17, 15) is 9.59 Å². The van der Waals surface area contributed by atoms with E-state index in [2.05, 4.69) is 20.6 Å². The summed E-state index contributed by atoms with van der Waals surface area (Å²) in [6, 6.07) is 9.32. The Hall–Kier alpha value is -2.45. The van der Waals surface area contributed by atoms with Crippen LogP contribution in [-0.2, 0) is 4.79 Å². The maximum absolute atomic E-state index is 12.6. The van der Waals surface area contributed by atoms with Crippen LogP contribution in [0.5, 0.6) is 0 Å². The summed E-state index contributed by atoms with van der Waals surface area (Å²) < 4.78 is 0. The Kier molecular flexibility index (Phi) is 5.87. The standard InChI is InChI=1S/C20H20N4O2S2/c25-17(11-28-20-15-9-10-27-19(15)21-12-22-20)24-16-8-4-3-7-14(16)18(26)23-13-5-1-2-6-13/h3-4,7-10,12-13H,1-2,5-6,11H2,(H,23,26)(H,24,25). The maximum Gasteiger partial charge on any atom is 0.253 e. The van der Waals surface area contributed by atoms with Crippen LogP contribution in [0.4, 0.5) is 5.69 Å². The Bertz CT molecular complexity index is 999. The highest BCUT2D eigenvalue weighted by atomic mass is 32.2. The van der Waals surface area contributed by atoms with Crippen LogP contribution in [0.15, 0.2) is 47.1 Å². The molecule has 0 atom stereocenters. The smallest absolute Gasteiger partial charge is 0.253 e. The predicted molar refractivity (Wildman–Crippen MR) is 113 cm³/mol.